The molecule has 9 heteroatoms. The van der Waals surface area contributed by atoms with E-state index in [9.17, 15) is 10.1 Å². The zero-order valence-corrected chi connectivity index (χ0v) is 17.6. The van der Waals surface area contributed by atoms with Crippen molar-refractivity contribution in [3.05, 3.63) is 69.5 Å². The molecule has 0 unspecified atom stereocenters. The number of nitrogens with zero attached hydrogens (tertiary/aromatic N) is 5. The van der Waals surface area contributed by atoms with Gasteiger partial charge >= 0.3 is 5.69 Å². The Hall–Kier alpha value is -3.59. The Morgan fingerprint density at radius 2 is 1.90 bits per heavy atom. The van der Waals surface area contributed by atoms with Gasteiger partial charge in [0.1, 0.15) is 6.33 Å². The largest absolute Gasteiger partial charge is 0.354 e. The van der Waals surface area contributed by atoms with E-state index in [1.165, 1.54) is 17.7 Å². The zero-order valence-electron chi connectivity index (χ0n) is 16.8. The predicted molar refractivity (Wildman–Crippen MR) is 120 cm³/mol. The Bertz CT molecular complexity index is 1210. The highest BCUT2D eigenvalue weighted by atomic mass is 32.1. The van der Waals surface area contributed by atoms with Crippen LogP contribution in [0.25, 0.3) is 10.8 Å². The van der Waals surface area contributed by atoms with Gasteiger partial charge < -0.3 is 10.2 Å². The van der Waals surface area contributed by atoms with E-state index in [-0.39, 0.29) is 17.3 Å². The Morgan fingerprint density at radius 3 is 2.60 bits per heavy atom. The maximum absolute atomic E-state index is 12.1. The van der Waals surface area contributed by atoms with E-state index in [1.807, 2.05) is 68.1 Å². The van der Waals surface area contributed by atoms with E-state index in [2.05, 4.69) is 20.3 Å². The summed E-state index contributed by atoms with van der Waals surface area (Å²) in [6.45, 7) is 6.29. The number of benzene rings is 2. The molecule has 2 heterocycles. The summed E-state index contributed by atoms with van der Waals surface area (Å²) in [6.07, 6.45) is 1.34. The molecule has 0 atom stereocenters. The van der Waals surface area contributed by atoms with E-state index in [4.69, 9.17) is 0 Å². The highest BCUT2D eigenvalue weighted by molar-refractivity contribution is 7.15. The van der Waals surface area contributed by atoms with Crippen molar-refractivity contribution in [1.82, 2.24) is 15.0 Å². The molecule has 8 nitrogen and oxygen atoms in total. The molecule has 152 valence electrons. The van der Waals surface area contributed by atoms with Crippen LogP contribution < -0.4 is 10.2 Å². The monoisotopic (exact) mass is 420 g/mol. The van der Waals surface area contributed by atoms with E-state index >= 15 is 0 Å². The summed E-state index contributed by atoms with van der Waals surface area (Å²) in [5.41, 5.74) is 1.55. The molecule has 4 rings (SSSR count). The normalized spacial score (nSPS) is 10.9. The summed E-state index contributed by atoms with van der Waals surface area (Å²) < 4.78 is 0. The first-order valence-electron chi connectivity index (χ1n) is 9.45. The summed E-state index contributed by atoms with van der Waals surface area (Å²) in [5.74, 6) is 0.360. The molecule has 2 aromatic heterocycles. The number of thiazole rings is 1. The molecule has 0 fully saturated rings. The highest BCUT2D eigenvalue weighted by Crippen LogP contribution is 2.39. The molecule has 30 heavy (non-hydrogen) atoms. The summed E-state index contributed by atoms with van der Waals surface area (Å²) >= 11 is 1.43. The topological polar surface area (TPSA) is 97.1 Å². The van der Waals surface area contributed by atoms with Gasteiger partial charge in [0.2, 0.25) is 11.6 Å². The van der Waals surface area contributed by atoms with Crippen LogP contribution in [0, 0.1) is 24.0 Å². The average Bonchev–Trinajstić information content (AvgIpc) is 3.05. The minimum Gasteiger partial charge on any atom is -0.320 e. The van der Waals surface area contributed by atoms with Gasteiger partial charge in [-0.3, -0.25) is 10.1 Å². The number of nitro groups is 1. The number of rotatable bonds is 6. The lowest BCUT2D eigenvalue weighted by Crippen LogP contribution is -2.20. The van der Waals surface area contributed by atoms with E-state index in [1.54, 1.807) is 0 Å². The molecule has 4 aromatic rings. The molecular weight excluding hydrogens is 400 g/mol. The molecule has 0 aliphatic carbocycles. The minimum absolute atomic E-state index is 0.123. The number of nitrogens with one attached hydrogen (secondary N) is 1. The quantitative estimate of drug-likeness (QED) is 0.324. The number of aryl methyl sites for hydroxylation is 2. The Labute approximate surface area is 177 Å². The van der Waals surface area contributed by atoms with Crippen molar-refractivity contribution in [2.75, 3.05) is 16.8 Å². The second-order valence-corrected chi connectivity index (χ2v) is 7.88. The first-order chi connectivity index (χ1) is 14.5. The van der Waals surface area contributed by atoms with Crippen LogP contribution >= 0.6 is 11.3 Å². The van der Waals surface area contributed by atoms with Gasteiger partial charge in [0.25, 0.3) is 0 Å². The summed E-state index contributed by atoms with van der Waals surface area (Å²) in [4.78, 5) is 27.3. The lowest BCUT2D eigenvalue weighted by Gasteiger charge is -2.23. The third kappa shape index (κ3) is 3.55. The molecule has 1 N–H and O–H groups in total. The fraction of sp³-hybridized carbons (Fsp3) is 0.190. The van der Waals surface area contributed by atoms with Crippen molar-refractivity contribution in [1.29, 1.82) is 0 Å². The second-order valence-electron chi connectivity index (χ2n) is 6.68. The smallest absolute Gasteiger partial charge is 0.320 e. The van der Waals surface area contributed by atoms with Gasteiger partial charge in [-0.2, -0.15) is 0 Å². The predicted octanol–water partition coefficient (Wildman–Crippen LogP) is 5.51. The number of fused-ring (bicyclic) bond motifs is 1. The van der Waals surface area contributed by atoms with Gasteiger partial charge in [0.05, 0.1) is 16.3 Å². The van der Waals surface area contributed by atoms with Crippen LogP contribution in [0.5, 0.6) is 0 Å². The summed E-state index contributed by atoms with van der Waals surface area (Å²) in [6, 6.07) is 13.8. The Morgan fingerprint density at radius 1 is 1.13 bits per heavy atom. The number of anilines is 4. The van der Waals surface area contributed by atoms with Crippen LogP contribution in [-0.4, -0.2) is 26.4 Å². The molecule has 0 saturated carbocycles. The zero-order chi connectivity index (χ0) is 21.3. The molecule has 0 radical (unpaired) electrons. The minimum atomic E-state index is -0.446. The maximum atomic E-state index is 12.1. The van der Waals surface area contributed by atoms with Gasteiger partial charge in [-0.05, 0) is 32.2 Å². The average molecular weight is 420 g/mol. The first kappa shape index (κ1) is 19.7. The van der Waals surface area contributed by atoms with Crippen LogP contribution in [0.4, 0.5) is 28.1 Å². The van der Waals surface area contributed by atoms with Gasteiger partial charge in [-0.25, -0.2) is 15.0 Å². The SMILES string of the molecule is CCN(c1ncnc(Nc2nc(C)c(C)s2)c1[N+](=O)[O-])c1cccc2ccccc12. The molecular formula is C21H20N6O2S. The van der Waals surface area contributed by atoms with Gasteiger partial charge in [0, 0.05) is 16.8 Å². The Balaban J connectivity index is 1.85. The molecule has 0 bridgehead atoms. The standard InChI is InChI=1S/C21H20N6O2S/c1-4-26(17-11-7-9-15-8-5-6-10-16(15)17)20-18(27(28)29)19(22-12-23-20)25-21-24-13(2)14(3)30-21/h5-12H,4H2,1-3H3,(H,22,23,24,25). The van der Waals surface area contributed by atoms with Gasteiger partial charge in [0.15, 0.2) is 5.13 Å². The molecule has 0 spiro atoms. The third-order valence-corrected chi connectivity index (χ3v) is 5.86. The van der Waals surface area contributed by atoms with E-state index in [0.717, 1.165) is 27.0 Å². The van der Waals surface area contributed by atoms with Gasteiger partial charge in [-0.1, -0.05) is 36.4 Å². The van der Waals surface area contributed by atoms with E-state index in [0.29, 0.717) is 11.7 Å². The number of hydrogen-bond donors (Lipinski definition) is 1. The van der Waals surface area contributed by atoms with Crippen LogP contribution in [0.15, 0.2) is 48.8 Å². The molecule has 0 amide bonds. The fourth-order valence-electron chi connectivity index (χ4n) is 3.33. The van der Waals surface area contributed by atoms with Crippen LogP contribution in [0.2, 0.25) is 0 Å². The summed E-state index contributed by atoms with van der Waals surface area (Å²) in [7, 11) is 0. The van der Waals surface area contributed by atoms with Crippen LogP contribution in [0.1, 0.15) is 17.5 Å². The lowest BCUT2D eigenvalue weighted by atomic mass is 10.1. The van der Waals surface area contributed by atoms with Crippen molar-refractivity contribution >= 4 is 50.3 Å². The van der Waals surface area contributed by atoms with Crippen molar-refractivity contribution in [2.24, 2.45) is 0 Å². The molecule has 0 aliphatic heterocycles. The fourth-order valence-corrected chi connectivity index (χ4v) is 4.15. The van der Waals surface area contributed by atoms with Crippen LogP contribution in [0.3, 0.4) is 0 Å². The first-order valence-corrected chi connectivity index (χ1v) is 10.3. The molecule has 0 saturated heterocycles. The maximum Gasteiger partial charge on any atom is 0.354 e. The highest BCUT2D eigenvalue weighted by Gasteiger charge is 2.28. The molecule has 2 aromatic carbocycles. The number of aromatic nitrogens is 3. The van der Waals surface area contributed by atoms with Gasteiger partial charge in [-0.15, -0.1) is 11.3 Å². The van der Waals surface area contributed by atoms with Crippen molar-refractivity contribution in [3.63, 3.8) is 0 Å². The van der Waals surface area contributed by atoms with Crippen molar-refractivity contribution in [3.8, 4) is 0 Å². The van der Waals surface area contributed by atoms with E-state index < -0.39 is 4.92 Å². The third-order valence-electron chi connectivity index (χ3n) is 4.87. The van der Waals surface area contributed by atoms with Crippen molar-refractivity contribution < 1.29 is 4.92 Å². The number of hydrogen-bond acceptors (Lipinski definition) is 8. The Kier molecular flexibility index (Phi) is 5.28. The van der Waals surface area contributed by atoms with Crippen LogP contribution in [-0.2, 0) is 0 Å². The van der Waals surface area contributed by atoms with Crippen molar-refractivity contribution in [2.45, 2.75) is 20.8 Å². The molecule has 0 aliphatic rings. The summed E-state index contributed by atoms with van der Waals surface area (Å²) in [5, 5.41) is 17.7. The second kappa shape index (κ2) is 8.03. The lowest BCUT2D eigenvalue weighted by molar-refractivity contribution is -0.383.